The van der Waals surface area contributed by atoms with Gasteiger partial charge >= 0.3 is 6.18 Å². The molecule has 1 fully saturated rings. The molecule has 3 rings (SSSR count). The Kier molecular flexibility index (Phi) is 7.15. The first-order chi connectivity index (χ1) is 14.4. The minimum atomic E-state index is -4.47. The molecular formula is C21H27F3N6. The van der Waals surface area contributed by atoms with Gasteiger partial charge < -0.3 is 10.2 Å². The number of hydrogen-bond donors (Lipinski definition) is 1. The van der Waals surface area contributed by atoms with E-state index in [1.54, 1.807) is 7.05 Å². The van der Waals surface area contributed by atoms with E-state index in [4.69, 9.17) is 0 Å². The van der Waals surface area contributed by atoms with Crippen molar-refractivity contribution in [3.05, 3.63) is 59.4 Å². The maximum atomic E-state index is 13.1. The Hall–Kier alpha value is -2.81. The lowest BCUT2D eigenvalue weighted by Crippen LogP contribution is -2.52. The number of nitrogens with one attached hydrogen (secondary N) is 1. The Morgan fingerprint density at radius 2 is 1.87 bits per heavy atom. The molecule has 1 aromatic carbocycles. The van der Waals surface area contributed by atoms with Crippen LogP contribution in [-0.2, 0) is 19.8 Å². The summed E-state index contributed by atoms with van der Waals surface area (Å²) in [7, 11) is 3.13. The molecule has 1 saturated heterocycles. The van der Waals surface area contributed by atoms with Gasteiger partial charge in [-0.15, -0.1) is 0 Å². The summed E-state index contributed by atoms with van der Waals surface area (Å²) < 4.78 is 40.5. The first-order valence-electron chi connectivity index (χ1n) is 9.86. The Bertz CT molecular complexity index is 865. The van der Waals surface area contributed by atoms with Gasteiger partial charge in [0.15, 0.2) is 11.7 Å². The van der Waals surface area contributed by atoms with Crippen molar-refractivity contribution in [3.8, 4) is 0 Å². The fraction of sp³-hybridized carbons (Fsp3) is 0.429. The lowest BCUT2D eigenvalue weighted by molar-refractivity contribution is -0.142. The van der Waals surface area contributed by atoms with Gasteiger partial charge in [-0.3, -0.25) is 14.6 Å². The average Bonchev–Trinajstić information content (AvgIpc) is 3.11. The Morgan fingerprint density at radius 3 is 2.50 bits per heavy atom. The molecule has 0 radical (unpaired) electrons. The highest BCUT2D eigenvalue weighted by Crippen LogP contribution is 2.30. The van der Waals surface area contributed by atoms with Crippen LogP contribution in [0.2, 0.25) is 0 Å². The first kappa shape index (κ1) is 21.9. The van der Waals surface area contributed by atoms with E-state index in [0.717, 1.165) is 32.7 Å². The Balaban J connectivity index is 1.49. The predicted molar refractivity (Wildman–Crippen MR) is 112 cm³/mol. The Morgan fingerprint density at radius 1 is 1.17 bits per heavy atom. The number of piperazine rings is 1. The summed E-state index contributed by atoms with van der Waals surface area (Å²) >= 11 is 0. The van der Waals surface area contributed by atoms with Crippen LogP contribution < -0.4 is 5.32 Å². The van der Waals surface area contributed by atoms with E-state index in [1.807, 2.05) is 18.2 Å². The minimum Gasteiger partial charge on any atom is -0.352 e. The summed E-state index contributed by atoms with van der Waals surface area (Å²) in [6, 6.07) is 10.2. The van der Waals surface area contributed by atoms with Crippen LogP contribution in [0.4, 0.5) is 13.2 Å². The molecular weight excluding hydrogens is 393 g/mol. The molecule has 1 aliphatic heterocycles. The topological polar surface area (TPSA) is 48.7 Å². The first-order valence-corrected chi connectivity index (χ1v) is 9.86. The summed E-state index contributed by atoms with van der Waals surface area (Å²) in [5.41, 5.74) is 0.424. The molecule has 2 aromatic rings. The van der Waals surface area contributed by atoms with Crippen molar-refractivity contribution in [3.63, 3.8) is 0 Å². The molecule has 1 N–H and O–H groups in total. The molecule has 30 heavy (non-hydrogen) atoms. The van der Waals surface area contributed by atoms with Crippen LogP contribution in [0.3, 0.4) is 0 Å². The average molecular weight is 420 g/mol. The van der Waals surface area contributed by atoms with Crippen LogP contribution in [0.15, 0.2) is 47.6 Å². The number of guanidine groups is 1. The van der Waals surface area contributed by atoms with E-state index < -0.39 is 11.9 Å². The van der Waals surface area contributed by atoms with Crippen LogP contribution >= 0.6 is 0 Å². The van der Waals surface area contributed by atoms with Gasteiger partial charge in [-0.1, -0.05) is 42.5 Å². The van der Waals surface area contributed by atoms with Crippen LogP contribution in [0.5, 0.6) is 0 Å². The standard InChI is InChI=1S/C21H27F3N6/c1-25-20(26-15-18-16-28(2)27-19(18)21(22,23)24)30-13-11-29(12-14-30)10-6-9-17-7-4-3-5-8-17/h3-9,16H,10-15H2,1-2H3,(H,25,26)/b9-6+. The molecule has 0 saturated carbocycles. The summed E-state index contributed by atoms with van der Waals surface area (Å²) in [6.45, 7) is 4.13. The molecule has 9 heteroatoms. The van der Waals surface area contributed by atoms with Crippen molar-refractivity contribution in [1.29, 1.82) is 0 Å². The van der Waals surface area contributed by atoms with Crippen molar-refractivity contribution >= 4 is 12.0 Å². The third-order valence-corrected chi connectivity index (χ3v) is 4.97. The van der Waals surface area contributed by atoms with Crippen LogP contribution in [0.1, 0.15) is 16.8 Å². The quantitative estimate of drug-likeness (QED) is 0.597. The lowest BCUT2D eigenvalue weighted by Gasteiger charge is -2.36. The number of alkyl halides is 3. The molecule has 0 aliphatic carbocycles. The van der Waals surface area contributed by atoms with Crippen LogP contribution in [-0.4, -0.2) is 65.3 Å². The van der Waals surface area contributed by atoms with E-state index in [1.165, 1.54) is 23.5 Å². The fourth-order valence-electron chi connectivity index (χ4n) is 3.46. The van der Waals surface area contributed by atoms with E-state index in [-0.39, 0.29) is 12.1 Å². The van der Waals surface area contributed by atoms with Crippen molar-refractivity contribution in [1.82, 2.24) is 24.9 Å². The number of rotatable bonds is 5. The van der Waals surface area contributed by atoms with E-state index >= 15 is 0 Å². The number of hydrogen-bond acceptors (Lipinski definition) is 3. The molecule has 6 nitrogen and oxygen atoms in total. The predicted octanol–water partition coefficient (Wildman–Crippen LogP) is 2.85. The van der Waals surface area contributed by atoms with Crippen LogP contribution in [0.25, 0.3) is 6.08 Å². The second kappa shape index (κ2) is 9.80. The molecule has 1 aliphatic rings. The zero-order chi connectivity index (χ0) is 21.6. The van der Waals surface area contributed by atoms with E-state index in [9.17, 15) is 13.2 Å². The highest BCUT2D eigenvalue weighted by Gasteiger charge is 2.36. The highest BCUT2D eigenvalue weighted by molar-refractivity contribution is 5.80. The number of nitrogens with zero attached hydrogens (tertiary/aromatic N) is 5. The zero-order valence-corrected chi connectivity index (χ0v) is 17.2. The SMILES string of the molecule is CN=C(NCc1cn(C)nc1C(F)(F)F)N1CCN(C/C=C/c2ccccc2)CC1. The van der Waals surface area contributed by atoms with Gasteiger partial charge in [-0.25, -0.2) is 0 Å². The largest absolute Gasteiger partial charge is 0.435 e. The number of aryl methyl sites for hydroxylation is 1. The van der Waals surface area contributed by atoms with Crippen molar-refractivity contribution in [2.45, 2.75) is 12.7 Å². The number of aliphatic imine (C=N–C) groups is 1. The number of aromatic nitrogens is 2. The van der Waals surface area contributed by atoms with E-state index in [2.05, 4.69) is 49.5 Å². The van der Waals surface area contributed by atoms with Crippen molar-refractivity contribution < 1.29 is 13.2 Å². The van der Waals surface area contributed by atoms with Gasteiger partial charge in [0.2, 0.25) is 0 Å². The monoisotopic (exact) mass is 420 g/mol. The second-order valence-corrected chi connectivity index (χ2v) is 7.18. The summed E-state index contributed by atoms with van der Waals surface area (Å²) in [4.78, 5) is 8.65. The zero-order valence-electron chi connectivity index (χ0n) is 17.2. The maximum Gasteiger partial charge on any atom is 0.435 e. The van der Waals surface area contributed by atoms with E-state index in [0.29, 0.717) is 5.96 Å². The van der Waals surface area contributed by atoms with Gasteiger partial charge in [0.1, 0.15) is 0 Å². The smallest absolute Gasteiger partial charge is 0.352 e. The summed E-state index contributed by atoms with van der Waals surface area (Å²) in [5.74, 6) is 0.603. The molecule has 0 bridgehead atoms. The van der Waals surface area contributed by atoms with Crippen LogP contribution in [0, 0.1) is 0 Å². The van der Waals surface area contributed by atoms with Gasteiger partial charge in [-0.2, -0.15) is 18.3 Å². The minimum absolute atomic E-state index is 0.0232. The summed E-state index contributed by atoms with van der Waals surface area (Å²) in [5, 5.41) is 6.59. The van der Waals surface area contributed by atoms with Crippen molar-refractivity contribution in [2.24, 2.45) is 12.0 Å². The molecule has 0 spiro atoms. The van der Waals surface area contributed by atoms with Gasteiger partial charge in [-0.05, 0) is 5.56 Å². The molecule has 0 unspecified atom stereocenters. The highest BCUT2D eigenvalue weighted by atomic mass is 19.4. The second-order valence-electron chi connectivity index (χ2n) is 7.18. The normalized spacial score (nSPS) is 16.4. The molecule has 1 aromatic heterocycles. The third kappa shape index (κ3) is 5.85. The maximum absolute atomic E-state index is 13.1. The lowest BCUT2D eigenvalue weighted by atomic mass is 10.2. The van der Waals surface area contributed by atoms with Gasteiger partial charge in [0.05, 0.1) is 0 Å². The van der Waals surface area contributed by atoms with Crippen molar-refractivity contribution in [2.75, 3.05) is 39.8 Å². The molecule has 2 heterocycles. The number of benzene rings is 1. The summed E-state index contributed by atoms with van der Waals surface area (Å²) in [6.07, 6.45) is 1.18. The molecule has 0 atom stereocenters. The molecule has 162 valence electrons. The fourth-order valence-corrected chi connectivity index (χ4v) is 3.46. The Labute approximate surface area is 174 Å². The van der Waals surface area contributed by atoms with Gasteiger partial charge in [0.25, 0.3) is 0 Å². The third-order valence-electron chi connectivity index (χ3n) is 4.97. The van der Waals surface area contributed by atoms with Gasteiger partial charge in [0, 0.05) is 65.1 Å². The molecule has 0 amide bonds. The number of halogens is 3.